The Morgan fingerprint density at radius 1 is 1.25 bits per heavy atom. The number of carbonyl (C=O) groups excluding carboxylic acids is 1. The molecular weight excluding hydrogens is 206 g/mol. The van der Waals surface area contributed by atoms with Crippen molar-refractivity contribution in [2.24, 2.45) is 5.73 Å². The fourth-order valence-corrected chi connectivity index (χ4v) is 1.24. The summed E-state index contributed by atoms with van der Waals surface area (Å²) in [6.45, 7) is 1.04. The highest BCUT2D eigenvalue weighted by molar-refractivity contribution is 5.73. The molecule has 4 nitrogen and oxygen atoms in total. The van der Waals surface area contributed by atoms with E-state index in [9.17, 15) is 4.79 Å². The molecule has 0 saturated carbocycles. The number of hydrogen-bond donors (Lipinski definition) is 1. The lowest BCUT2D eigenvalue weighted by molar-refractivity contribution is -0.118. The van der Waals surface area contributed by atoms with Gasteiger partial charge in [-0.3, -0.25) is 4.79 Å². The van der Waals surface area contributed by atoms with Crippen LogP contribution in [0.15, 0.2) is 24.3 Å². The van der Waals surface area contributed by atoms with Crippen LogP contribution < -0.4 is 10.5 Å². The molecule has 88 valence electrons. The van der Waals surface area contributed by atoms with E-state index < -0.39 is 0 Å². The van der Waals surface area contributed by atoms with Crippen LogP contribution in [0.5, 0.6) is 5.75 Å². The van der Waals surface area contributed by atoms with Gasteiger partial charge in [-0.15, -0.1) is 0 Å². The van der Waals surface area contributed by atoms with Crippen molar-refractivity contribution in [2.75, 3.05) is 20.3 Å². The lowest BCUT2D eigenvalue weighted by Crippen LogP contribution is -2.14. The first-order chi connectivity index (χ1) is 7.72. The van der Waals surface area contributed by atoms with Crippen molar-refractivity contribution in [3.05, 3.63) is 29.8 Å². The third kappa shape index (κ3) is 4.79. The van der Waals surface area contributed by atoms with Crippen molar-refractivity contribution in [1.82, 2.24) is 0 Å². The molecule has 0 bridgehead atoms. The average Bonchev–Trinajstić information content (AvgIpc) is 2.27. The molecule has 1 aromatic rings. The van der Waals surface area contributed by atoms with Crippen molar-refractivity contribution in [1.29, 1.82) is 0 Å². The van der Waals surface area contributed by atoms with E-state index in [2.05, 4.69) is 0 Å². The predicted molar refractivity (Wildman–Crippen MR) is 61.3 cm³/mol. The van der Waals surface area contributed by atoms with Gasteiger partial charge in [0, 0.05) is 7.11 Å². The molecule has 16 heavy (non-hydrogen) atoms. The van der Waals surface area contributed by atoms with E-state index in [0.717, 1.165) is 12.2 Å². The summed E-state index contributed by atoms with van der Waals surface area (Å²) in [5.41, 5.74) is 6.20. The number of primary amides is 1. The van der Waals surface area contributed by atoms with Gasteiger partial charge >= 0.3 is 0 Å². The average molecular weight is 223 g/mol. The molecule has 0 aromatic heterocycles. The van der Waals surface area contributed by atoms with Gasteiger partial charge < -0.3 is 15.2 Å². The highest BCUT2D eigenvalue weighted by Gasteiger charge is 1.97. The number of benzene rings is 1. The quantitative estimate of drug-likeness (QED) is 0.753. The summed E-state index contributed by atoms with van der Waals surface area (Å²) >= 11 is 0. The molecule has 0 radical (unpaired) electrons. The summed E-state index contributed by atoms with van der Waals surface area (Å²) in [5.74, 6) is 0.402. The Hall–Kier alpha value is -1.55. The Morgan fingerprint density at radius 2 is 1.94 bits per heavy atom. The summed E-state index contributed by atoms with van der Waals surface area (Å²) in [4.78, 5) is 10.5. The second-order valence-corrected chi connectivity index (χ2v) is 3.45. The van der Waals surface area contributed by atoms with Crippen LogP contribution in [0.4, 0.5) is 0 Å². The van der Waals surface area contributed by atoms with E-state index in [-0.39, 0.29) is 12.3 Å². The van der Waals surface area contributed by atoms with Gasteiger partial charge in [-0.2, -0.15) is 0 Å². The molecule has 1 rings (SSSR count). The summed E-state index contributed by atoms with van der Waals surface area (Å²) in [6, 6.07) is 7.73. The van der Waals surface area contributed by atoms with Crippen LogP contribution in [0.1, 0.15) is 12.0 Å². The SMILES string of the molecule is COCCc1ccc(OCCC(N)=O)cc1. The van der Waals surface area contributed by atoms with Crippen LogP contribution in [0.3, 0.4) is 0 Å². The monoisotopic (exact) mass is 223 g/mol. The molecule has 0 aliphatic heterocycles. The fraction of sp³-hybridized carbons (Fsp3) is 0.417. The molecule has 0 heterocycles. The highest BCUT2D eigenvalue weighted by Crippen LogP contribution is 2.12. The number of amides is 1. The first kappa shape index (κ1) is 12.5. The Morgan fingerprint density at radius 3 is 2.50 bits per heavy atom. The van der Waals surface area contributed by atoms with Crippen LogP contribution in [-0.4, -0.2) is 26.2 Å². The normalized spacial score (nSPS) is 10.1. The van der Waals surface area contributed by atoms with Crippen molar-refractivity contribution in [2.45, 2.75) is 12.8 Å². The first-order valence-corrected chi connectivity index (χ1v) is 5.21. The molecule has 0 fully saturated rings. The Labute approximate surface area is 95.3 Å². The molecule has 0 atom stereocenters. The standard InChI is InChI=1S/C12H17NO3/c1-15-8-6-10-2-4-11(5-3-10)16-9-7-12(13)14/h2-5H,6-9H2,1H3,(H2,13,14). The maximum atomic E-state index is 10.5. The highest BCUT2D eigenvalue weighted by atomic mass is 16.5. The topological polar surface area (TPSA) is 61.6 Å². The van der Waals surface area contributed by atoms with E-state index in [1.165, 1.54) is 5.56 Å². The van der Waals surface area contributed by atoms with Crippen LogP contribution in [0.25, 0.3) is 0 Å². The molecule has 1 amide bonds. The van der Waals surface area contributed by atoms with Gasteiger partial charge in [-0.05, 0) is 24.1 Å². The zero-order valence-corrected chi connectivity index (χ0v) is 9.44. The third-order valence-corrected chi connectivity index (χ3v) is 2.14. The Kier molecular flexibility index (Phi) is 5.36. The molecular formula is C12H17NO3. The number of nitrogens with two attached hydrogens (primary N) is 1. The van der Waals surface area contributed by atoms with Crippen molar-refractivity contribution in [3.8, 4) is 5.75 Å². The first-order valence-electron chi connectivity index (χ1n) is 5.21. The maximum absolute atomic E-state index is 10.5. The van der Waals surface area contributed by atoms with Gasteiger partial charge in [0.1, 0.15) is 5.75 Å². The van der Waals surface area contributed by atoms with E-state index in [1.54, 1.807) is 7.11 Å². The van der Waals surface area contributed by atoms with E-state index in [1.807, 2.05) is 24.3 Å². The van der Waals surface area contributed by atoms with E-state index >= 15 is 0 Å². The minimum atomic E-state index is -0.350. The molecule has 0 aliphatic rings. The van der Waals surface area contributed by atoms with Crippen LogP contribution in [-0.2, 0) is 16.0 Å². The van der Waals surface area contributed by atoms with Crippen molar-refractivity contribution in [3.63, 3.8) is 0 Å². The maximum Gasteiger partial charge on any atom is 0.220 e. The van der Waals surface area contributed by atoms with Gasteiger partial charge in [0.15, 0.2) is 0 Å². The van der Waals surface area contributed by atoms with E-state index in [4.69, 9.17) is 15.2 Å². The lowest BCUT2D eigenvalue weighted by atomic mass is 10.1. The number of ether oxygens (including phenoxy) is 2. The van der Waals surface area contributed by atoms with Crippen molar-refractivity contribution >= 4 is 5.91 Å². The van der Waals surface area contributed by atoms with Gasteiger partial charge in [0.25, 0.3) is 0 Å². The largest absolute Gasteiger partial charge is 0.493 e. The molecule has 0 saturated heterocycles. The number of rotatable bonds is 7. The van der Waals surface area contributed by atoms with Crippen molar-refractivity contribution < 1.29 is 14.3 Å². The van der Waals surface area contributed by atoms with Crippen LogP contribution in [0.2, 0.25) is 0 Å². The van der Waals surface area contributed by atoms with Gasteiger partial charge in [-0.25, -0.2) is 0 Å². The smallest absolute Gasteiger partial charge is 0.220 e. The minimum Gasteiger partial charge on any atom is -0.493 e. The zero-order chi connectivity index (χ0) is 11.8. The van der Waals surface area contributed by atoms with Gasteiger partial charge in [-0.1, -0.05) is 12.1 Å². The fourth-order valence-electron chi connectivity index (χ4n) is 1.24. The molecule has 2 N–H and O–H groups in total. The third-order valence-electron chi connectivity index (χ3n) is 2.14. The number of methoxy groups -OCH3 is 1. The molecule has 1 aromatic carbocycles. The predicted octanol–water partition coefficient (Wildman–Crippen LogP) is 1.13. The summed E-state index contributed by atoms with van der Waals surface area (Å²) in [6.07, 6.45) is 1.13. The van der Waals surface area contributed by atoms with Crippen LogP contribution in [0, 0.1) is 0 Å². The summed E-state index contributed by atoms with van der Waals surface area (Å²) < 4.78 is 10.3. The molecule has 4 heteroatoms. The zero-order valence-electron chi connectivity index (χ0n) is 9.44. The molecule has 0 aliphatic carbocycles. The van der Waals surface area contributed by atoms with E-state index in [0.29, 0.717) is 13.2 Å². The number of hydrogen-bond acceptors (Lipinski definition) is 3. The Balaban J connectivity index is 2.36. The minimum absolute atomic E-state index is 0.241. The summed E-state index contributed by atoms with van der Waals surface area (Å²) in [5, 5.41) is 0. The second kappa shape index (κ2) is 6.85. The van der Waals surface area contributed by atoms with Gasteiger partial charge in [0.05, 0.1) is 19.6 Å². The Bertz CT molecular complexity index is 322. The second-order valence-electron chi connectivity index (χ2n) is 3.45. The molecule has 0 spiro atoms. The van der Waals surface area contributed by atoms with Gasteiger partial charge in [0.2, 0.25) is 5.91 Å². The number of carbonyl (C=O) groups is 1. The van der Waals surface area contributed by atoms with Crippen LogP contribution >= 0.6 is 0 Å². The molecule has 0 unspecified atom stereocenters. The lowest BCUT2D eigenvalue weighted by Gasteiger charge is -2.05. The summed E-state index contributed by atoms with van der Waals surface area (Å²) in [7, 11) is 1.68.